The number of ether oxygens (including phenoxy) is 1. The third kappa shape index (κ3) is 5.76. The molecule has 0 saturated heterocycles. The minimum atomic E-state index is -0.371. The van der Waals surface area contributed by atoms with Gasteiger partial charge in [0.2, 0.25) is 0 Å². The number of halogens is 3. The third-order valence-electron chi connectivity index (χ3n) is 2.63. The van der Waals surface area contributed by atoms with Crippen LogP contribution < -0.4 is 15.4 Å². The molecule has 2 rings (SSSR count). The van der Waals surface area contributed by atoms with Crippen LogP contribution in [0.15, 0.2) is 51.4 Å². The average Bonchev–Trinajstić information content (AvgIpc) is 2.48. The molecule has 0 spiro atoms. The van der Waals surface area contributed by atoms with Crippen molar-refractivity contribution in [1.29, 1.82) is 0 Å². The van der Waals surface area contributed by atoms with E-state index in [0.717, 1.165) is 8.95 Å². The van der Waals surface area contributed by atoms with Crippen molar-refractivity contribution in [2.45, 2.75) is 0 Å². The van der Waals surface area contributed by atoms with E-state index in [2.05, 4.69) is 42.5 Å². The van der Waals surface area contributed by atoms with Crippen LogP contribution in [-0.2, 0) is 4.79 Å². The molecule has 0 aliphatic carbocycles. The summed E-state index contributed by atoms with van der Waals surface area (Å²) in [6.45, 7) is -0.162. The Morgan fingerprint density at radius 3 is 2.65 bits per heavy atom. The fourth-order valence-electron chi connectivity index (χ4n) is 1.61. The van der Waals surface area contributed by atoms with Gasteiger partial charge in [-0.25, -0.2) is 0 Å². The molecule has 120 valence electrons. The zero-order valence-corrected chi connectivity index (χ0v) is 16.4. The predicted octanol–water partition coefficient (Wildman–Crippen LogP) is 4.76. The summed E-state index contributed by atoms with van der Waals surface area (Å²) in [7, 11) is 0. The van der Waals surface area contributed by atoms with E-state index in [4.69, 9.17) is 28.6 Å². The highest BCUT2D eigenvalue weighted by atomic mass is 79.9. The van der Waals surface area contributed by atoms with Gasteiger partial charge in [0.25, 0.3) is 5.91 Å². The van der Waals surface area contributed by atoms with Gasteiger partial charge in [0.15, 0.2) is 11.7 Å². The van der Waals surface area contributed by atoms with Crippen LogP contribution in [0.2, 0.25) is 5.02 Å². The molecule has 2 N–H and O–H groups in total. The van der Waals surface area contributed by atoms with Crippen LogP contribution >= 0.6 is 55.7 Å². The molecule has 2 aromatic rings. The fraction of sp³-hybridized carbons (Fsp3) is 0.0667. The minimum absolute atomic E-state index is 0.154. The Kier molecular flexibility index (Phi) is 6.83. The molecule has 0 unspecified atom stereocenters. The summed E-state index contributed by atoms with van der Waals surface area (Å²) < 4.78 is 7.09. The van der Waals surface area contributed by atoms with Gasteiger partial charge in [0.05, 0.1) is 15.2 Å². The number of amides is 1. The molecule has 0 atom stereocenters. The zero-order chi connectivity index (χ0) is 16.8. The van der Waals surface area contributed by atoms with Crippen LogP contribution in [0.4, 0.5) is 5.69 Å². The number of thiocarbonyl (C=S) groups is 1. The van der Waals surface area contributed by atoms with E-state index >= 15 is 0 Å². The van der Waals surface area contributed by atoms with Gasteiger partial charge in [-0.1, -0.05) is 39.7 Å². The van der Waals surface area contributed by atoms with Crippen molar-refractivity contribution >= 4 is 72.4 Å². The lowest BCUT2D eigenvalue weighted by Crippen LogP contribution is -2.37. The SMILES string of the molecule is O=C(COc1ccc(Br)cc1Br)NC(=S)Nc1ccccc1Cl. The van der Waals surface area contributed by atoms with Gasteiger partial charge in [-0.05, 0) is 58.5 Å². The second-order valence-electron chi connectivity index (χ2n) is 4.35. The van der Waals surface area contributed by atoms with E-state index < -0.39 is 0 Å². The van der Waals surface area contributed by atoms with E-state index in [1.165, 1.54) is 0 Å². The second-order valence-corrected chi connectivity index (χ2v) is 6.93. The van der Waals surface area contributed by atoms with Crippen LogP contribution in [0.1, 0.15) is 0 Å². The summed E-state index contributed by atoms with van der Waals surface area (Å²) in [4.78, 5) is 11.9. The Bertz CT molecular complexity index is 743. The topological polar surface area (TPSA) is 50.4 Å². The van der Waals surface area contributed by atoms with E-state index in [-0.39, 0.29) is 17.6 Å². The first-order valence-corrected chi connectivity index (χ1v) is 8.76. The van der Waals surface area contributed by atoms with E-state index in [1.54, 1.807) is 24.3 Å². The number of carbonyl (C=O) groups is 1. The van der Waals surface area contributed by atoms with Gasteiger partial charge in [-0.15, -0.1) is 0 Å². The molecule has 0 aliphatic heterocycles. The maximum absolute atomic E-state index is 11.9. The third-order valence-corrected chi connectivity index (χ3v) is 4.27. The fourth-order valence-corrected chi connectivity index (χ4v) is 3.18. The van der Waals surface area contributed by atoms with Gasteiger partial charge in [-0.2, -0.15) is 0 Å². The first-order valence-electron chi connectivity index (χ1n) is 6.39. The summed E-state index contributed by atoms with van der Waals surface area (Å²) in [5, 5.41) is 6.05. The molecular weight excluding hydrogens is 468 g/mol. The molecule has 0 saturated carbocycles. The van der Waals surface area contributed by atoms with E-state index in [0.29, 0.717) is 16.5 Å². The normalized spacial score (nSPS) is 10.0. The highest BCUT2D eigenvalue weighted by molar-refractivity contribution is 9.11. The predicted molar refractivity (Wildman–Crippen MR) is 103 cm³/mol. The molecule has 4 nitrogen and oxygen atoms in total. The van der Waals surface area contributed by atoms with Gasteiger partial charge >= 0.3 is 0 Å². The lowest BCUT2D eigenvalue weighted by molar-refractivity contribution is -0.121. The van der Waals surface area contributed by atoms with Crippen LogP contribution in [0, 0.1) is 0 Å². The van der Waals surface area contributed by atoms with Crippen molar-refractivity contribution in [2.75, 3.05) is 11.9 Å². The van der Waals surface area contributed by atoms with Crippen molar-refractivity contribution in [3.63, 3.8) is 0 Å². The number of hydrogen-bond donors (Lipinski definition) is 2. The number of benzene rings is 2. The Balaban J connectivity index is 1.85. The molecule has 0 aromatic heterocycles. The van der Waals surface area contributed by atoms with Crippen LogP contribution in [-0.4, -0.2) is 17.6 Å². The van der Waals surface area contributed by atoms with E-state index in [1.807, 2.05) is 18.2 Å². The zero-order valence-electron chi connectivity index (χ0n) is 11.6. The Hall–Kier alpha value is -1.15. The summed E-state index contributed by atoms with van der Waals surface area (Å²) in [6.07, 6.45) is 0. The maximum atomic E-state index is 11.9. The number of para-hydroxylation sites is 1. The maximum Gasteiger partial charge on any atom is 0.264 e. The molecule has 8 heteroatoms. The van der Waals surface area contributed by atoms with Crippen LogP contribution in [0.25, 0.3) is 0 Å². The highest BCUT2D eigenvalue weighted by Gasteiger charge is 2.09. The summed E-state index contributed by atoms with van der Waals surface area (Å²) in [5.41, 5.74) is 0.621. The van der Waals surface area contributed by atoms with Crippen molar-refractivity contribution in [1.82, 2.24) is 5.32 Å². The molecule has 0 aliphatic rings. The van der Waals surface area contributed by atoms with Gasteiger partial charge in [0.1, 0.15) is 5.75 Å². The quantitative estimate of drug-likeness (QED) is 0.623. The monoisotopic (exact) mass is 476 g/mol. The lowest BCUT2D eigenvalue weighted by atomic mass is 10.3. The van der Waals surface area contributed by atoms with E-state index in [9.17, 15) is 4.79 Å². The average molecular weight is 479 g/mol. The van der Waals surface area contributed by atoms with Crippen molar-refractivity contribution in [3.8, 4) is 5.75 Å². The lowest BCUT2D eigenvalue weighted by Gasteiger charge is -2.12. The number of carbonyl (C=O) groups excluding carboxylic acids is 1. The first kappa shape index (κ1) is 18.2. The van der Waals surface area contributed by atoms with Crippen LogP contribution in [0.5, 0.6) is 5.75 Å². The largest absolute Gasteiger partial charge is 0.483 e. The first-order chi connectivity index (χ1) is 11.0. The summed E-state index contributed by atoms with van der Waals surface area (Å²) in [5.74, 6) is 0.192. The van der Waals surface area contributed by atoms with Crippen LogP contribution in [0.3, 0.4) is 0 Å². The number of hydrogen-bond acceptors (Lipinski definition) is 3. The molecule has 0 bridgehead atoms. The van der Waals surface area contributed by atoms with Gasteiger partial charge in [0, 0.05) is 4.47 Å². The number of nitrogens with one attached hydrogen (secondary N) is 2. The number of anilines is 1. The van der Waals surface area contributed by atoms with Crippen molar-refractivity contribution < 1.29 is 9.53 Å². The van der Waals surface area contributed by atoms with Crippen molar-refractivity contribution in [3.05, 3.63) is 56.4 Å². The Labute approximate surface area is 160 Å². The van der Waals surface area contributed by atoms with Crippen molar-refractivity contribution in [2.24, 2.45) is 0 Å². The molecular formula is C15H11Br2ClN2O2S. The Morgan fingerprint density at radius 2 is 1.96 bits per heavy atom. The standard InChI is InChI=1S/C15H11Br2ClN2O2S/c16-9-5-6-13(10(17)7-9)22-8-14(21)20-15(23)19-12-4-2-1-3-11(12)18/h1-7H,8H2,(H2,19,20,21,23). The Morgan fingerprint density at radius 1 is 1.22 bits per heavy atom. The number of rotatable bonds is 4. The summed E-state index contributed by atoms with van der Waals surface area (Å²) >= 11 is 17.8. The molecule has 2 aromatic carbocycles. The molecule has 0 radical (unpaired) electrons. The van der Waals surface area contributed by atoms with Gasteiger partial charge < -0.3 is 10.1 Å². The smallest absolute Gasteiger partial charge is 0.264 e. The summed E-state index contributed by atoms with van der Waals surface area (Å²) in [6, 6.07) is 12.5. The molecule has 0 heterocycles. The second kappa shape index (κ2) is 8.63. The molecule has 1 amide bonds. The molecule has 23 heavy (non-hydrogen) atoms. The molecule has 0 fully saturated rings. The minimum Gasteiger partial charge on any atom is -0.483 e. The highest BCUT2D eigenvalue weighted by Crippen LogP contribution is 2.28. The van der Waals surface area contributed by atoms with Gasteiger partial charge in [-0.3, -0.25) is 10.1 Å².